The lowest BCUT2D eigenvalue weighted by atomic mass is 10.0. The summed E-state index contributed by atoms with van der Waals surface area (Å²) in [6, 6.07) is 7.41. The fourth-order valence-electron chi connectivity index (χ4n) is 1.53. The maximum absolute atomic E-state index is 12.0. The number of alkyl halides is 2. The third-order valence-corrected chi connectivity index (χ3v) is 2.37. The number of amides is 1. The molecule has 1 unspecified atom stereocenters. The van der Waals surface area contributed by atoms with Crippen LogP contribution in [0.5, 0.6) is 0 Å². The topological polar surface area (TPSA) is 29.1 Å². The second kappa shape index (κ2) is 5.58. The van der Waals surface area contributed by atoms with Crippen molar-refractivity contribution in [3.8, 4) is 0 Å². The summed E-state index contributed by atoms with van der Waals surface area (Å²) in [5.41, 5.74) is 2.16. The van der Waals surface area contributed by atoms with Crippen molar-refractivity contribution >= 4 is 5.91 Å². The lowest BCUT2D eigenvalue weighted by Gasteiger charge is -2.14. The van der Waals surface area contributed by atoms with Gasteiger partial charge in [-0.1, -0.05) is 24.3 Å². The summed E-state index contributed by atoms with van der Waals surface area (Å²) >= 11 is 0. The molecule has 0 saturated heterocycles. The zero-order valence-electron chi connectivity index (χ0n) is 9.34. The Bertz CT molecular complexity index is 366. The summed E-state index contributed by atoms with van der Waals surface area (Å²) in [6.45, 7) is 3.67. The third kappa shape index (κ3) is 3.61. The largest absolute Gasteiger partial charge is 0.348 e. The van der Waals surface area contributed by atoms with Crippen LogP contribution in [0, 0.1) is 6.92 Å². The van der Waals surface area contributed by atoms with Crippen LogP contribution in [0.2, 0.25) is 0 Å². The standard InChI is InChI=1S/C12H15F2NO/c1-8-5-3-4-6-10(8)7-9(2)15-12(16)11(13)14/h3-6,9,11H,7H2,1-2H3,(H,15,16). The Morgan fingerprint density at radius 3 is 2.56 bits per heavy atom. The van der Waals surface area contributed by atoms with Gasteiger partial charge >= 0.3 is 6.43 Å². The number of rotatable bonds is 4. The van der Waals surface area contributed by atoms with Gasteiger partial charge in [-0.25, -0.2) is 0 Å². The van der Waals surface area contributed by atoms with E-state index in [1.54, 1.807) is 6.92 Å². The monoisotopic (exact) mass is 227 g/mol. The number of nitrogens with one attached hydrogen (secondary N) is 1. The lowest BCUT2D eigenvalue weighted by Crippen LogP contribution is -2.38. The maximum Gasteiger partial charge on any atom is 0.315 e. The van der Waals surface area contributed by atoms with Crippen molar-refractivity contribution in [2.75, 3.05) is 0 Å². The first-order chi connectivity index (χ1) is 7.50. The zero-order valence-corrected chi connectivity index (χ0v) is 9.34. The molecule has 1 atom stereocenters. The van der Waals surface area contributed by atoms with E-state index in [1.165, 1.54) is 0 Å². The summed E-state index contributed by atoms with van der Waals surface area (Å²) < 4.78 is 24.0. The van der Waals surface area contributed by atoms with E-state index in [-0.39, 0.29) is 6.04 Å². The first kappa shape index (κ1) is 12.6. The van der Waals surface area contributed by atoms with E-state index in [0.29, 0.717) is 6.42 Å². The van der Waals surface area contributed by atoms with Crippen molar-refractivity contribution in [3.05, 3.63) is 35.4 Å². The zero-order chi connectivity index (χ0) is 12.1. The van der Waals surface area contributed by atoms with Crippen molar-refractivity contribution < 1.29 is 13.6 Å². The smallest absolute Gasteiger partial charge is 0.315 e. The normalized spacial score (nSPS) is 12.6. The molecule has 1 N–H and O–H groups in total. The summed E-state index contributed by atoms with van der Waals surface area (Å²) in [6.07, 6.45) is -2.38. The molecule has 0 aliphatic rings. The number of carbonyl (C=O) groups excluding carboxylic acids is 1. The molecule has 1 rings (SSSR count). The molecule has 1 amide bonds. The van der Waals surface area contributed by atoms with E-state index in [9.17, 15) is 13.6 Å². The molecule has 0 aliphatic heterocycles. The van der Waals surface area contributed by atoms with Gasteiger partial charge in [-0.2, -0.15) is 8.78 Å². The molecule has 0 aromatic heterocycles. The number of halogens is 2. The van der Waals surface area contributed by atoms with Crippen molar-refractivity contribution in [2.24, 2.45) is 0 Å². The minimum absolute atomic E-state index is 0.289. The summed E-state index contributed by atoms with van der Waals surface area (Å²) in [4.78, 5) is 10.8. The Balaban J connectivity index is 2.55. The van der Waals surface area contributed by atoms with E-state index >= 15 is 0 Å². The SMILES string of the molecule is Cc1ccccc1CC(C)NC(=O)C(F)F. The molecule has 0 bridgehead atoms. The Morgan fingerprint density at radius 1 is 1.38 bits per heavy atom. The average Bonchev–Trinajstić information content (AvgIpc) is 2.21. The van der Waals surface area contributed by atoms with Crippen LogP contribution in [0.3, 0.4) is 0 Å². The van der Waals surface area contributed by atoms with Crippen LogP contribution < -0.4 is 5.32 Å². The number of hydrogen-bond acceptors (Lipinski definition) is 1. The minimum atomic E-state index is -2.95. The molecule has 0 radical (unpaired) electrons. The first-order valence-electron chi connectivity index (χ1n) is 5.13. The van der Waals surface area contributed by atoms with E-state index in [0.717, 1.165) is 11.1 Å². The summed E-state index contributed by atoms with van der Waals surface area (Å²) in [5.74, 6) is -1.21. The molecule has 88 valence electrons. The van der Waals surface area contributed by atoms with E-state index < -0.39 is 12.3 Å². The highest BCUT2D eigenvalue weighted by atomic mass is 19.3. The molecule has 16 heavy (non-hydrogen) atoms. The number of hydrogen-bond donors (Lipinski definition) is 1. The van der Waals surface area contributed by atoms with Gasteiger partial charge < -0.3 is 5.32 Å². The van der Waals surface area contributed by atoms with Crippen LogP contribution in [0.1, 0.15) is 18.1 Å². The Morgan fingerprint density at radius 2 is 2.00 bits per heavy atom. The highest BCUT2D eigenvalue weighted by molar-refractivity contribution is 5.79. The molecule has 0 aliphatic carbocycles. The van der Waals surface area contributed by atoms with Gasteiger partial charge in [0.1, 0.15) is 0 Å². The van der Waals surface area contributed by atoms with Gasteiger partial charge in [-0.15, -0.1) is 0 Å². The molecule has 0 fully saturated rings. The highest BCUT2D eigenvalue weighted by Crippen LogP contribution is 2.09. The van der Waals surface area contributed by atoms with Crippen LogP contribution in [0.4, 0.5) is 8.78 Å². The van der Waals surface area contributed by atoms with E-state index in [4.69, 9.17) is 0 Å². The van der Waals surface area contributed by atoms with Crippen molar-refractivity contribution in [3.63, 3.8) is 0 Å². The van der Waals surface area contributed by atoms with Crippen LogP contribution in [0.15, 0.2) is 24.3 Å². The fraction of sp³-hybridized carbons (Fsp3) is 0.417. The molecule has 0 spiro atoms. The Hall–Kier alpha value is -1.45. The van der Waals surface area contributed by atoms with Gasteiger partial charge in [0, 0.05) is 6.04 Å². The second-order valence-electron chi connectivity index (χ2n) is 3.84. The molecule has 1 aromatic carbocycles. The van der Waals surface area contributed by atoms with Crippen LogP contribution >= 0.6 is 0 Å². The van der Waals surface area contributed by atoms with Gasteiger partial charge in [-0.05, 0) is 31.4 Å². The Labute approximate surface area is 93.7 Å². The van der Waals surface area contributed by atoms with Crippen molar-refractivity contribution in [1.29, 1.82) is 0 Å². The number of carbonyl (C=O) groups is 1. The summed E-state index contributed by atoms with van der Waals surface area (Å²) in [5, 5.41) is 2.27. The minimum Gasteiger partial charge on any atom is -0.348 e. The van der Waals surface area contributed by atoms with Gasteiger partial charge in [-0.3, -0.25) is 4.79 Å². The van der Waals surface area contributed by atoms with Crippen molar-refractivity contribution in [1.82, 2.24) is 5.32 Å². The van der Waals surface area contributed by atoms with Crippen LogP contribution in [0.25, 0.3) is 0 Å². The predicted molar refractivity (Wildman–Crippen MR) is 58.5 cm³/mol. The highest BCUT2D eigenvalue weighted by Gasteiger charge is 2.17. The van der Waals surface area contributed by atoms with E-state index in [1.807, 2.05) is 31.2 Å². The fourth-order valence-corrected chi connectivity index (χ4v) is 1.53. The molecule has 2 nitrogen and oxygen atoms in total. The van der Waals surface area contributed by atoms with Gasteiger partial charge in [0.25, 0.3) is 5.91 Å². The molecule has 1 aromatic rings. The third-order valence-electron chi connectivity index (χ3n) is 2.37. The molecular weight excluding hydrogens is 212 g/mol. The maximum atomic E-state index is 12.0. The number of benzene rings is 1. The van der Waals surface area contributed by atoms with E-state index in [2.05, 4.69) is 5.32 Å². The van der Waals surface area contributed by atoms with Gasteiger partial charge in [0.15, 0.2) is 0 Å². The predicted octanol–water partition coefficient (Wildman–Crippen LogP) is 2.31. The van der Waals surface area contributed by atoms with Gasteiger partial charge in [0.2, 0.25) is 0 Å². The van der Waals surface area contributed by atoms with Crippen molar-refractivity contribution in [2.45, 2.75) is 32.7 Å². The summed E-state index contributed by atoms with van der Waals surface area (Å²) in [7, 11) is 0. The van der Waals surface area contributed by atoms with Crippen LogP contribution in [-0.4, -0.2) is 18.4 Å². The number of aryl methyl sites for hydroxylation is 1. The molecular formula is C12H15F2NO. The first-order valence-corrected chi connectivity index (χ1v) is 5.13. The molecule has 0 saturated carbocycles. The average molecular weight is 227 g/mol. The lowest BCUT2D eigenvalue weighted by molar-refractivity contribution is -0.132. The molecule has 0 heterocycles. The second-order valence-corrected chi connectivity index (χ2v) is 3.84. The molecule has 4 heteroatoms. The Kier molecular flexibility index (Phi) is 4.40. The van der Waals surface area contributed by atoms with Gasteiger partial charge in [0.05, 0.1) is 0 Å². The van der Waals surface area contributed by atoms with Crippen LogP contribution in [-0.2, 0) is 11.2 Å². The quantitative estimate of drug-likeness (QED) is 0.840.